The first kappa shape index (κ1) is 17.3. The van der Waals surface area contributed by atoms with Crippen LogP contribution in [0.25, 0.3) is 0 Å². The number of carbonyl (C=O) groups is 1. The summed E-state index contributed by atoms with van der Waals surface area (Å²) in [5, 5.41) is 7.26. The fourth-order valence-corrected chi connectivity index (χ4v) is 2.34. The summed E-state index contributed by atoms with van der Waals surface area (Å²) in [6.07, 6.45) is 0.990. The minimum atomic E-state index is -0.00406. The van der Waals surface area contributed by atoms with Gasteiger partial charge in [0.15, 0.2) is 0 Å². The van der Waals surface area contributed by atoms with Crippen LogP contribution in [-0.2, 0) is 4.79 Å². The molecule has 0 radical (unpaired) electrons. The van der Waals surface area contributed by atoms with Crippen molar-refractivity contribution in [2.45, 2.75) is 33.2 Å². The van der Waals surface area contributed by atoms with E-state index in [1.165, 1.54) is 0 Å². The van der Waals surface area contributed by atoms with E-state index in [1.807, 2.05) is 13.0 Å². The number of amides is 1. The molecule has 0 bridgehead atoms. The van der Waals surface area contributed by atoms with Crippen molar-refractivity contribution in [3.8, 4) is 0 Å². The molecule has 1 amide bonds. The van der Waals surface area contributed by atoms with Gasteiger partial charge in [0.2, 0.25) is 5.91 Å². The highest BCUT2D eigenvalue weighted by Gasteiger charge is 2.11. The standard InChI is InChI=1S/C15H22Cl2N2O/c1-10(2)6-7-18-15(20)9-19-11(3)13-5-4-12(16)8-14(13)17/h4-5,8,10-11,19H,6-7,9H2,1-3H3,(H,18,20). The fraction of sp³-hybridized carbons (Fsp3) is 0.533. The highest BCUT2D eigenvalue weighted by atomic mass is 35.5. The predicted octanol–water partition coefficient (Wildman–Crippen LogP) is 3.81. The average molecular weight is 317 g/mol. The zero-order chi connectivity index (χ0) is 15.1. The van der Waals surface area contributed by atoms with Crippen molar-refractivity contribution in [1.82, 2.24) is 10.6 Å². The molecule has 1 aromatic carbocycles. The van der Waals surface area contributed by atoms with E-state index in [1.54, 1.807) is 12.1 Å². The molecule has 0 aromatic heterocycles. The summed E-state index contributed by atoms with van der Waals surface area (Å²) < 4.78 is 0. The lowest BCUT2D eigenvalue weighted by molar-refractivity contribution is -0.120. The molecular formula is C15H22Cl2N2O. The lowest BCUT2D eigenvalue weighted by Gasteiger charge is -2.16. The van der Waals surface area contributed by atoms with Gasteiger partial charge in [-0.15, -0.1) is 0 Å². The van der Waals surface area contributed by atoms with Crippen LogP contribution >= 0.6 is 23.2 Å². The summed E-state index contributed by atoms with van der Waals surface area (Å²) >= 11 is 12.0. The van der Waals surface area contributed by atoms with Gasteiger partial charge in [0, 0.05) is 22.6 Å². The zero-order valence-electron chi connectivity index (χ0n) is 12.2. The number of rotatable bonds is 7. The lowest BCUT2D eigenvalue weighted by Crippen LogP contribution is -2.35. The first-order chi connectivity index (χ1) is 9.40. The van der Waals surface area contributed by atoms with Crippen LogP contribution in [-0.4, -0.2) is 19.0 Å². The Morgan fingerprint density at radius 3 is 2.55 bits per heavy atom. The number of benzene rings is 1. The van der Waals surface area contributed by atoms with E-state index >= 15 is 0 Å². The Hall–Kier alpha value is -0.770. The van der Waals surface area contributed by atoms with Crippen LogP contribution in [0.5, 0.6) is 0 Å². The summed E-state index contributed by atoms with van der Waals surface area (Å²) in [6.45, 7) is 7.23. The van der Waals surface area contributed by atoms with Gasteiger partial charge in [-0.1, -0.05) is 43.1 Å². The van der Waals surface area contributed by atoms with Crippen molar-refractivity contribution in [3.63, 3.8) is 0 Å². The molecule has 1 unspecified atom stereocenters. The van der Waals surface area contributed by atoms with Crippen molar-refractivity contribution >= 4 is 29.1 Å². The summed E-state index contributed by atoms with van der Waals surface area (Å²) in [5.74, 6) is 0.595. The van der Waals surface area contributed by atoms with E-state index in [2.05, 4.69) is 24.5 Å². The molecule has 0 aliphatic heterocycles. The van der Waals surface area contributed by atoms with E-state index in [0.29, 0.717) is 22.5 Å². The Morgan fingerprint density at radius 2 is 1.95 bits per heavy atom. The third kappa shape index (κ3) is 6.12. The monoisotopic (exact) mass is 316 g/mol. The van der Waals surface area contributed by atoms with Crippen molar-refractivity contribution in [2.24, 2.45) is 5.92 Å². The van der Waals surface area contributed by atoms with Crippen LogP contribution in [0, 0.1) is 5.92 Å². The smallest absolute Gasteiger partial charge is 0.233 e. The normalized spacial score (nSPS) is 12.5. The van der Waals surface area contributed by atoms with Crippen molar-refractivity contribution in [1.29, 1.82) is 0 Å². The third-order valence-corrected chi connectivity index (χ3v) is 3.60. The Labute approximate surface area is 131 Å². The Balaban J connectivity index is 2.39. The van der Waals surface area contributed by atoms with Gasteiger partial charge in [-0.05, 0) is 37.0 Å². The third-order valence-electron chi connectivity index (χ3n) is 3.04. The number of hydrogen-bond acceptors (Lipinski definition) is 2. The molecule has 1 atom stereocenters. The van der Waals surface area contributed by atoms with E-state index in [4.69, 9.17) is 23.2 Å². The molecule has 0 heterocycles. The van der Waals surface area contributed by atoms with Gasteiger partial charge in [-0.3, -0.25) is 4.79 Å². The van der Waals surface area contributed by atoms with Gasteiger partial charge >= 0.3 is 0 Å². The molecule has 2 N–H and O–H groups in total. The van der Waals surface area contributed by atoms with Crippen LogP contribution in [0.4, 0.5) is 0 Å². The number of nitrogens with one attached hydrogen (secondary N) is 2. The van der Waals surface area contributed by atoms with Crippen molar-refractivity contribution in [2.75, 3.05) is 13.1 Å². The summed E-state index contributed by atoms with van der Waals surface area (Å²) in [7, 11) is 0. The molecule has 1 rings (SSSR count). The van der Waals surface area contributed by atoms with Crippen LogP contribution < -0.4 is 10.6 Å². The molecule has 0 aliphatic carbocycles. The molecule has 0 saturated carbocycles. The topological polar surface area (TPSA) is 41.1 Å². The zero-order valence-corrected chi connectivity index (χ0v) is 13.7. The van der Waals surface area contributed by atoms with Gasteiger partial charge < -0.3 is 10.6 Å². The maximum Gasteiger partial charge on any atom is 0.233 e. The summed E-state index contributed by atoms with van der Waals surface area (Å²) in [6, 6.07) is 5.37. The highest BCUT2D eigenvalue weighted by Crippen LogP contribution is 2.25. The average Bonchev–Trinajstić information content (AvgIpc) is 2.35. The van der Waals surface area contributed by atoms with Crippen molar-refractivity contribution < 1.29 is 4.79 Å². The Morgan fingerprint density at radius 1 is 1.25 bits per heavy atom. The van der Waals surface area contributed by atoms with E-state index in [9.17, 15) is 4.79 Å². The second-order valence-corrected chi connectivity index (χ2v) is 6.14. The molecule has 0 fully saturated rings. The number of halogens is 2. The predicted molar refractivity (Wildman–Crippen MR) is 85.3 cm³/mol. The number of carbonyl (C=O) groups excluding carboxylic acids is 1. The Bertz CT molecular complexity index is 449. The van der Waals surface area contributed by atoms with E-state index in [-0.39, 0.29) is 18.5 Å². The molecule has 0 aliphatic rings. The molecule has 112 valence electrons. The van der Waals surface area contributed by atoms with Crippen LogP contribution in [0.2, 0.25) is 10.0 Å². The molecule has 20 heavy (non-hydrogen) atoms. The summed E-state index contributed by atoms with van der Waals surface area (Å²) in [4.78, 5) is 11.7. The van der Waals surface area contributed by atoms with Crippen LogP contribution in [0.1, 0.15) is 38.8 Å². The minimum absolute atomic E-state index is 0.00239. The molecule has 3 nitrogen and oxygen atoms in total. The SMILES string of the molecule is CC(C)CCNC(=O)CNC(C)c1ccc(Cl)cc1Cl. The summed E-state index contributed by atoms with van der Waals surface area (Å²) in [5.41, 5.74) is 0.936. The first-order valence-corrected chi connectivity index (χ1v) is 7.60. The quantitative estimate of drug-likeness (QED) is 0.803. The van der Waals surface area contributed by atoms with Gasteiger partial charge in [0.1, 0.15) is 0 Å². The minimum Gasteiger partial charge on any atom is -0.355 e. The number of hydrogen-bond donors (Lipinski definition) is 2. The fourth-order valence-electron chi connectivity index (χ4n) is 1.77. The molecular weight excluding hydrogens is 295 g/mol. The van der Waals surface area contributed by atoms with Gasteiger partial charge in [0.05, 0.1) is 6.54 Å². The van der Waals surface area contributed by atoms with Gasteiger partial charge in [-0.2, -0.15) is 0 Å². The maximum atomic E-state index is 11.7. The Kier molecular flexibility index (Phi) is 7.35. The maximum absolute atomic E-state index is 11.7. The van der Waals surface area contributed by atoms with Gasteiger partial charge in [-0.25, -0.2) is 0 Å². The van der Waals surface area contributed by atoms with E-state index < -0.39 is 0 Å². The van der Waals surface area contributed by atoms with Gasteiger partial charge in [0.25, 0.3) is 0 Å². The van der Waals surface area contributed by atoms with Crippen molar-refractivity contribution in [3.05, 3.63) is 33.8 Å². The van der Waals surface area contributed by atoms with Crippen LogP contribution in [0.15, 0.2) is 18.2 Å². The molecule has 0 saturated heterocycles. The second-order valence-electron chi connectivity index (χ2n) is 5.30. The van der Waals surface area contributed by atoms with E-state index in [0.717, 1.165) is 12.0 Å². The largest absolute Gasteiger partial charge is 0.355 e. The highest BCUT2D eigenvalue weighted by molar-refractivity contribution is 6.35. The second kappa shape index (κ2) is 8.50. The molecule has 0 spiro atoms. The molecule has 1 aromatic rings. The first-order valence-electron chi connectivity index (χ1n) is 6.85. The van der Waals surface area contributed by atoms with Crippen LogP contribution in [0.3, 0.4) is 0 Å². The lowest BCUT2D eigenvalue weighted by atomic mass is 10.1. The molecule has 5 heteroatoms.